The Balaban J connectivity index is 2.60. The number of carbonyl (C=O) groups is 1. The van der Waals surface area contributed by atoms with Crippen molar-refractivity contribution in [2.24, 2.45) is 17.1 Å². The highest BCUT2D eigenvalue weighted by Crippen LogP contribution is 2.22. The van der Waals surface area contributed by atoms with Crippen LogP contribution in [0, 0.1) is 11.3 Å². The van der Waals surface area contributed by atoms with Gasteiger partial charge in [0.1, 0.15) is 0 Å². The first-order valence-electron chi connectivity index (χ1n) is 5.86. The van der Waals surface area contributed by atoms with Crippen molar-refractivity contribution in [3.05, 3.63) is 0 Å². The number of amides is 1. The molecule has 2 atom stereocenters. The van der Waals surface area contributed by atoms with Gasteiger partial charge >= 0.3 is 0 Å². The normalized spacial score (nSPS) is 25.1. The Morgan fingerprint density at radius 2 is 2.07 bits per heavy atom. The summed E-state index contributed by atoms with van der Waals surface area (Å²) in [5.74, 6) is 0.740. The molecule has 1 rings (SSSR count). The third-order valence-electron chi connectivity index (χ3n) is 3.17. The van der Waals surface area contributed by atoms with Gasteiger partial charge in [0.25, 0.3) is 0 Å². The van der Waals surface area contributed by atoms with Crippen LogP contribution in [0.3, 0.4) is 0 Å². The molecule has 0 spiro atoms. The summed E-state index contributed by atoms with van der Waals surface area (Å²) >= 11 is 0. The van der Waals surface area contributed by atoms with E-state index >= 15 is 0 Å². The first kappa shape index (κ1) is 12.5. The molecule has 1 amide bonds. The van der Waals surface area contributed by atoms with E-state index in [0.29, 0.717) is 5.92 Å². The standard InChI is InChI=1S/C12H24N2O/c1-9-6-5-7-14(8-9)11(15)10(13)12(2,3)4/h9-10H,5-8,13H2,1-4H3/t9?,10-/m1/s1. The number of nitrogens with two attached hydrogens (primary N) is 1. The fraction of sp³-hybridized carbons (Fsp3) is 0.917. The van der Waals surface area contributed by atoms with Crippen molar-refractivity contribution in [2.45, 2.75) is 46.6 Å². The molecule has 1 aliphatic rings. The van der Waals surface area contributed by atoms with Crippen LogP contribution in [0.2, 0.25) is 0 Å². The Labute approximate surface area is 93.0 Å². The maximum Gasteiger partial charge on any atom is 0.240 e. The zero-order chi connectivity index (χ0) is 11.6. The van der Waals surface area contributed by atoms with Crippen LogP contribution in [-0.4, -0.2) is 29.9 Å². The molecule has 1 unspecified atom stereocenters. The van der Waals surface area contributed by atoms with Gasteiger partial charge < -0.3 is 10.6 Å². The smallest absolute Gasteiger partial charge is 0.240 e. The van der Waals surface area contributed by atoms with Crippen LogP contribution in [0.5, 0.6) is 0 Å². The fourth-order valence-electron chi connectivity index (χ4n) is 1.96. The van der Waals surface area contributed by atoms with Gasteiger partial charge in [-0.05, 0) is 24.2 Å². The molecule has 1 fully saturated rings. The van der Waals surface area contributed by atoms with Gasteiger partial charge in [0.05, 0.1) is 6.04 Å². The molecule has 0 aromatic rings. The number of likely N-dealkylation sites (tertiary alicyclic amines) is 1. The second-order valence-corrected chi connectivity index (χ2v) is 5.88. The Morgan fingerprint density at radius 1 is 1.47 bits per heavy atom. The molecule has 3 nitrogen and oxygen atoms in total. The number of nitrogens with zero attached hydrogens (tertiary/aromatic N) is 1. The molecule has 0 aliphatic carbocycles. The summed E-state index contributed by atoms with van der Waals surface area (Å²) in [6.45, 7) is 10.0. The van der Waals surface area contributed by atoms with Crippen molar-refractivity contribution in [1.29, 1.82) is 0 Å². The minimum absolute atomic E-state index is 0.119. The van der Waals surface area contributed by atoms with Crippen LogP contribution >= 0.6 is 0 Å². The molecule has 88 valence electrons. The zero-order valence-corrected chi connectivity index (χ0v) is 10.4. The van der Waals surface area contributed by atoms with Gasteiger partial charge in [-0.3, -0.25) is 4.79 Å². The molecule has 0 bridgehead atoms. The highest BCUT2D eigenvalue weighted by molar-refractivity contribution is 5.82. The van der Waals surface area contributed by atoms with Gasteiger partial charge in [0.15, 0.2) is 0 Å². The number of rotatable bonds is 1. The lowest BCUT2D eigenvalue weighted by Gasteiger charge is -2.36. The summed E-state index contributed by atoms with van der Waals surface area (Å²) in [5.41, 5.74) is 5.84. The van der Waals surface area contributed by atoms with Crippen LogP contribution < -0.4 is 5.73 Å². The summed E-state index contributed by atoms with van der Waals surface area (Å²) < 4.78 is 0. The Hall–Kier alpha value is -0.570. The minimum Gasteiger partial charge on any atom is -0.341 e. The van der Waals surface area contributed by atoms with Gasteiger partial charge in [-0.1, -0.05) is 27.7 Å². The largest absolute Gasteiger partial charge is 0.341 e. The second kappa shape index (κ2) is 4.52. The van der Waals surface area contributed by atoms with Gasteiger partial charge in [0.2, 0.25) is 5.91 Å². The van der Waals surface area contributed by atoms with Crippen molar-refractivity contribution in [2.75, 3.05) is 13.1 Å². The minimum atomic E-state index is -0.372. The van der Waals surface area contributed by atoms with Gasteiger partial charge in [0, 0.05) is 13.1 Å². The summed E-state index contributed by atoms with van der Waals surface area (Å²) in [4.78, 5) is 14.0. The lowest BCUT2D eigenvalue weighted by atomic mass is 9.86. The Morgan fingerprint density at radius 3 is 2.53 bits per heavy atom. The monoisotopic (exact) mass is 212 g/mol. The van der Waals surface area contributed by atoms with Crippen molar-refractivity contribution in [3.8, 4) is 0 Å². The van der Waals surface area contributed by atoms with E-state index in [1.165, 1.54) is 6.42 Å². The molecular weight excluding hydrogens is 188 g/mol. The van der Waals surface area contributed by atoms with Crippen molar-refractivity contribution >= 4 is 5.91 Å². The van der Waals surface area contributed by atoms with Crippen molar-refractivity contribution in [3.63, 3.8) is 0 Å². The summed E-state index contributed by atoms with van der Waals surface area (Å²) in [6.07, 6.45) is 2.35. The predicted octanol–water partition coefficient (Wildman–Crippen LogP) is 1.62. The predicted molar refractivity (Wildman–Crippen MR) is 62.4 cm³/mol. The highest BCUT2D eigenvalue weighted by Gasteiger charge is 2.32. The first-order chi connectivity index (χ1) is 6.82. The van der Waals surface area contributed by atoms with Crippen LogP contribution in [0.25, 0.3) is 0 Å². The molecule has 0 radical (unpaired) electrons. The molecule has 0 aromatic carbocycles. The summed E-state index contributed by atoms with van der Waals surface area (Å²) in [7, 11) is 0. The molecule has 0 saturated carbocycles. The van der Waals surface area contributed by atoms with Crippen LogP contribution in [0.1, 0.15) is 40.5 Å². The average Bonchev–Trinajstić information content (AvgIpc) is 2.14. The average molecular weight is 212 g/mol. The number of hydrogen-bond donors (Lipinski definition) is 1. The maximum atomic E-state index is 12.1. The van der Waals surface area contributed by atoms with Crippen molar-refractivity contribution < 1.29 is 4.79 Å². The lowest BCUT2D eigenvalue weighted by molar-refractivity contribution is -0.136. The molecule has 0 aromatic heterocycles. The molecule has 1 heterocycles. The van der Waals surface area contributed by atoms with Crippen LogP contribution in [0.4, 0.5) is 0 Å². The van der Waals surface area contributed by atoms with E-state index in [9.17, 15) is 4.79 Å². The number of piperidine rings is 1. The molecule has 15 heavy (non-hydrogen) atoms. The SMILES string of the molecule is CC1CCCN(C(=O)[C@@H](N)C(C)(C)C)C1. The number of hydrogen-bond acceptors (Lipinski definition) is 2. The Bertz CT molecular complexity index is 232. The van der Waals surface area contributed by atoms with Crippen LogP contribution in [-0.2, 0) is 4.79 Å². The van der Waals surface area contributed by atoms with E-state index in [1.807, 2.05) is 25.7 Å². The third-order valence-corrected chi connectivity index (χ3v) is 3.17. The molecule has 3 heteroatoms. The Kier molecular flexibility index (Phi) is 3.77. The van der Waals surface area contributed by atoms with E-state index in [2.05, 4.69) is 6.92 Å². The topological polar surface area (TPSA) is 46.3 Å². The molecule has 2 N–H and O–H groups in total. The van der Waals surface area contributed by atoms with Crippen molar-refractivity contribution in [1.82, 2.24) is 4.90 Å². The van der Waals surface area contributed by atoms with Gasteiger partial charge in [-0.25, -0.2) is 0 Å². The molecule has 1 aliphatic heterocycles. The second-order valence-electron chi connectivity index (χ2n) is 5.88. The summed E-state index contributed by atoms with van der Waals surface area (Å²) in [5, 5.41) is 0. The number of carbonyl (C=O) groups excluding carboxylic acids is 1. The fourth-order valence-corrected chi connectivity index (χ4v) is 1.96. The van der Waals surface area contributed by atoms with E-state index in [0.717, 1.165) is 19.5 Å². The van der Waals surface area contributed by atoms with Crippen LogP contribution in [0.15, 0.2) is 0 Å². The highest BCUT2D eigenvalue weighted by atomic mass is 16.2. The van der Waals surface area contributed by atoms with E-state index in [4.69, 9.17) is 5.73 Å². The zero-order valence-electron chi connectivity index (χ0n) is 10.4. The third kappa shape index (κ3) is 3.20. The van der Waals surface area contributed by atoms with Gasteiger partial charge in [-0.15, -0.1) is 0 Å². The van der Waals surface area contributed by atoms with Gasteiger partial charge in [-0.2, -0.15) is 0 Å². The quantitative estimate of drug-likeness (QED) is 0.718. The van der Waals surface area contributed by atoms with E-state index in [1.54, 1.807) is 0 Å². The van der Waals surface area contributed by atoms with E-state index in [-0.39, 0.29) is 17.4 Å². The summed E-state index contributed by atoms with van der Waals surface area (Å²) in [6, 6.07) is -0.372. The maximum absolute atomic E-state index is 12.1. The molecule has 1 saturated heterocycles. The van der Waals surface area contributed by atoms with E-state index < -0.39 is 0 Å². The molecular formula is C12H24N2O. The lowest BCUT2D eigenvalue weighted by Crippen LogP contribution is -2.52. The first-order valence-corrected chi connectivity index (χ1v) is 5.86.